The summed E-state index contributed by atoms with van der Waals surface area (Å²) < 4.78 is 0. The van der Waals surface area contributed by atoms with Gasteiger partial charge in [-0.25, -0.2) is 0 Å². The second-order valence-electron chi connectivity index (χ2n) is 4.07. The molecule has 0 heterocycles. The Morgan fingerprint density at radius 1 is 1.21 bits per heavy atom. The summed E-state index contributed by atoms with van der Waals surface area (Å²) in [6.45, 7) is 6.33. The summed E-state index contributed by atoms with van der Waals surface area (Å²) in [5.41, 5.74) is 3.87. The van der Waals surface area contributed by atoms with E-state index in [1.54, 1.807) is 0 Å². The first-order valence-electron chi connectivity index (χ1n) is 5.37. The Morgan fingerprint density at radius 2 is 1.93 bits per heavy atom. The van der Waals surface area contributed by atoms with Crippen LogP contribution in [0.15, 0.2) is 18.2 Å². The van der Waals surface area contributed by atoms with Gasteiger partial charge in [-0.2, -0.15) is 0 Å². The normalized spacial score (nSPS) is 12.9. The first-order valence-corrected chi connectivity index (χ1v) is 5.37. The zero-order chi connectivity index (χ0) is 10.6. The molecule has 0 aliphatic rings. The van der Waals surface area contributed by atoms with E-state index in [9.17, 15) is 5.11 Å². The van der Waals surface area contributed by atoms with E-state index >= 15 is 0 Å². The third-order valence-corrected chi connectivity index (χ3v) is 2.66. The summed E-state index contributed by atoms with van der Waals surface area (Å²) in [4.78, 5) is 0. The van der Waals surface area contributed by atoms with Crippen molar-refractivity contribution in [2.45, 2.75) is 46.1 Å². The van der Waals surface area contributed by atoms with Crippen molar-refractivity contribution in [1.82, 2.24) is 0 Å². The van der Waals surface area contributed by atoms with Gasteiger partial charge in [0.15, 0.2) is 0 Å². The van der Waals surface area contributed by atoms with E-state index in [4.69, 9.17) is 0 Å². The molecule has 1 heteroatoms. The average molecular weight is 192 g/mol. The van der Waals surface area contributed by atoms with Crippen molar-refractivity contribution in [3.05, 3.63) is 34.9 Å². The van der Waals surface area contributed by atoms with Crippen molar-refractivity contribution < 1.29 is 5.11 Å². The minimum atomic E-state index is -0.179. The topological polar surface area (TPSA) is 20.2 Å². The van der Waals surface area contributed by atoms with E-state index in [1.165, 1.54) is 16.7 Å². The van der Waals surface area contributed by atoms with Gasteiger partial charge >= 0.3 is 0 Å². The van der Waals surface area contributed by atoms with E-state index in [1.807, 2.05) is 0 Å². The molecule has 0 aromatic heterocycles. The highest BCUT2D eigenvalue weighted by Crippen LogP contribution is 2.13. The summed E-state index contributed by atoms with van der Waals surface area (Å²) in [5.74, 6) is 0. The van der Waals surface area contributed by atoms with Gasteiger partial charge in [-0.15, -0.1) is 0 Å². The van der Waals surface area contributed by atoms with Crippen LogP contribution in [-0.4, -0.2) is 11.2 Å². The fourth-order valence-electron chi connectivity index (χ4n) is 1.64. The van der Waals surface area contributed by atoms with Gasteiger partial charge < -0.3 is 5.11 Å². The summed E-state index contributed by atoms with van der Waals surface area (Å²) in [7, 11) is 0. The van der Waals surface area contributed by atoms with Crippen LogP contribution in [0.4, 0.5) is 0 Å². The van der Waals surface area contributed by atoms with Gasteiger partial charge in [0.25, 0.3) is 0 Å². The Balaban J connectivity index is 2.63. The minimum absolute atomic E-state index is 0.179. The molecule has 1 atom stereocenters. The summed E-state index contributed by atoms with van der Waals surface area (Å²) in [5, 5.41) is 9.66. The van der Waals surface area contributed by atoms with Gasteiger partial charge in [0.1, 0.15) is 0 Å². The fourth-order valence-corrected chi connectivity index (χ4v) is 1.64. The predicted octanol–water partition coefficient (Wildman–Crippen LogP) is 3.01. The van der Waals surface area contributed by atoms with E-state index in [0.717, 1.165) is 19.3 Å². The molecule has 1 rings (SSSR count). The molecular weight excluding hydrogens is 172 g/mol. The van der Waals surface area contributed by atoms with Crippen molar-refractivity contribution in [2.75, 3.05) is 0 Å². The third kappa shape index (κ3) is 3.15. The Bertz CT molecular complexity index is 291. The number of rotatable bonds is 4. The number of hydrogen-bond acceptors (Lipinski definition) is 1. The maximum Gasteiger partial charge on any atom is 0.0580 e. The van der Waals surface area contributed by atoms with Crippen LogP contribution in [-0.2, 0) is 6.42 Å². The average Bonchev–Trinajstić information content (AvgIpc) is 2.12. The van der Waals surface area contributed by atoms with Gasteiger partial charge in [0.05, 0.1) is 6.10 Å². The summed E-state index contributed by atoms with van der Waals surface area (Å²) in [6, 6.07) is 6.42. The zero-order valence-electron chi connectivity index (χ0n) is 9.38. The van der Waals surface area contributed by atoms with Crippen LogP contribution in [0, 0.1) is 13.8 Å². The number of aliphatic hydroxyl groups is 1. The van der Waals surface area contributed by atoms with Gasteiger partial charge in [-0.3, -0.25) is 0 Å². The Kier molecular flexibility index (Phi) is 4.15. The zero-order valence-corrected chi connectivity index (χ0v) is 9.38. The van der Waals surface area contributed by atoms with Crippen molar-refractivity contribution in [2.24, 2.45) is 0 Å². The minimum Gasteiger partial charge on any atom is -0.393 e. The number of aryl methyl sites for hydroxylation is 2. The van der Waals surface area contributed by atoms with Crippen LogP contribution in [0.25, 0.3) is 0 Å². The summed E-state index contributed by atoms with van der Waals surface area (Å²) in [6.07, 6.45) is 2.55. The molecule has 1 unspecified atom stereocenters. The maximum atomic E-state index is 9.66. The van der Waals surface area contributed by atoms with E-state index in [-0.39, 0.29) is 6.10 Å². The molecule has 14 heavy (non-hydrogen) atoms. The molecule has 0 saturated heterocycles. The van der Waals surface area contributed by atoms with E-state index < -0.39 is 0 Å². The van der Waals surface area contributed by atoms with Crippen molar-refractivity contribution in [3.63, 3.8) is 0 Å². The second kappa shape index (κ2) is 5.16. The lowest BCUT2D eigenvalue weighted by Crippen LogP contribution is -2.09. The number of hydrogen-bond donors (Lipinski definition) is 1. The van der Waals surface area contributed by atoms with E-state index in [2.05, 4.69) is 39.0 Å². The number of aliphatic hydroxyl groups excluding tert-OH is 1. The Hall–Kier alpha value is -0.820. The smallest absolute Gasteiger partial charge is 0.0580 e. The lowest BCUT2D eigenvalue weighted by atomic mass is 10.0. The molecule has 0 radical (unpaired) electrons. The standard InChI is InChI=1S/C13H20O/c1-4-5-13(14)9-12-7-6-10(2)11(3)8-12/h6-8,13-14H,4-5,9H2,1-3H3. The second-order valence-corrected chi connectivity index (χ2v) is 4.07. The van der Waals surface area contributed by atoms with Crippen molar-refractivity contribution in [3.8, 4) is 0 Å². The molecule has 78 valence electrons. The monoisotopic (exact) mass is 192 g/mol. The molecule has 0 aliphatic carbocycles. The lowest BCUT2D eigenvalue weighted by molar-refractivity contribution is 0.164. The van der Waals surface area contributed by atoms with Crippen LogP contribution in [0.2, 0.25) is 0 Å². The van der Waals surface area contributed by atoms with Gasteiger partial charge in [0, 0.05) is 0 Å². The first kappa shape index (κ1) is 11.3. The lowest BCUT2D eigenvalue weighted by Gasteiger charge is -2.10. The largest absolute Gasteiger partial charge is 0.393 e. The molecule has 0 amide bonds. The highest BCUT2D eigenvalue weighted by atomic mass is 16.3. The molecule has 0 spiro atoms. The van der Waals surface area contributed by atoms with Crippen LogP contribution in [0.1, 0.15) is 36.5 Å². The SMILES string of the molecule is CCCC(O)Cc1ccc(C)c(C)c1. The molecule has 0 bridgehead atoms. The van der Waals surface area contributed by atoms with E-state index in [0.29, 0.717) is 0 Å². The highest BCUT2D eigenvalue weighted by molar-refractivity contribution is 5.30. The summed E-state index contributed by atoms with van der Waals surface area (Å²) >= 11 is 0. The Morgan fingerprint density at radius 3 is 2.50 bits per heavy atom. The van der Waals surface area contributed by atoms with Gasteiger partial charge in [0.2, 0.25) is 0 Å². The predicted molar refractivity (Wildman–Crippen MR) is 60.5 cm³/mol. The molecule has 0 fully saturated rings. The van der Waals surface area contributed by atoms with Crippen LogP contribution >= 0.6 is 0 Å². The number of benzene rings is 1. The molecule has 0 aliphatic heterocycles. The first-order chi connectivity index (χ1) is 6.63. The fraction of sp³-hybridized carbons (Fsp3) is 0.538. The van der Waals surface area contributed by atoms with Crippen molar-refractivity contribution in [1.29, 1.82) is 0 Å². The molecular formula is C13H20O. The highest BCUT2D eigenvalue weighted by Gasteiger charge is 2.04. The van der Waals surface area contributed by atoms with Crippen LogP contribution in [0.3, 0.4) is 0 Å². The third-order valence-electron chi connectivity index (χ3n) is 2.66. The molecule has 1 aromatic carbocycles. The quantitative estimate of drug-likeness (QED) is 0.777. The van der Waals surface area contributed by atoms with Crippen LogP contribution in [0.5, 0.6) is 0 Å². The molecule has 1 aromatic rings. The maximum absolute atomic E-state index is 9.66. The van der Waals surface area contributed by atoms with Gasteiger partial charge in [-0.05, 0) is 43.4 Å². The molecule has 0 saturated carbocycles. The van der Waals surface area contributed by atoms with Gasteiger partial charge in [-0.1, -0.05) is 31.5 Å². The van der Waals surface area contributed by atoms with Crippen molar-refractivity contribution >= 4 is 0 Å². The molecule has 1 N–H and O–H groups in total. The molecule has 1 nitrogen and oxygen atoms in total. The Labute approximate surface area is 86.8 Å². The van der Waals surface area contributed by atoms with Crippen LogP contribution < -0.4 is 0 Å².